The van der Waals surface area contributed by atoms with E-state index in [0.29, 0.717) is 29.9 Å². The molecule has 4 rings (SSSR count). The third kappa shape index (κ3) is 2.62. The first kappa shape index (κ1) is 16.6. The number of hydrogen-bond donors (Lipinski definition) is 1. The summed E-state index contributed by atoms with van der Waals surface area (Å²) in [6.45, 7) is 2.10. The molecule has 2 saturated carbocycles. The van der Waals surface area contributed by atoms with E-state index in [-0.39, 0.29) is 5.41 Å². The van der Waals surface area contributed by atoms with E-state index >= 15 is 0 Å². The Balaban J connectivity index is 1.62. The van der Waals surface area contributed by atoms with E-state index in [1.54, 1.807) is 6.07 Å². The number of phenolic OH excluding ortho intramolecular Hbond substituents is 1. The van der Waals surface area contributed by atoms with Gasteiger partial charge in [0.05, 0.1) is 13.9 Å². The van der Waals surface area contributed by atoms with Crippen molar-refractivity contribution < 1.29 is 24.0 Å². The lowest BCUT2D eigenvalue weighted by molar-refractivity contribution is -0.347. The van der Waals surface area contributed by atoms with Gasteiger partial charge in [-0.3, -0.25) is 0 Å². The highest BCUT2D eigenvalue weighted by Crippen LogP contribution is 2.62. The van der Waals surface area contributed by atoms with Gasteiger partial charge in [0.15, 0.2) is 0 Å². The number of rotatable bonds is 2. The summed E-state index contributed by atoms with van der Waals surface area (Å²) in [4.78, 5) is 22.2. The molecule has 1 aromatic rings. The summed E-state index contributed by atoms with van der Waals surface area (Å²) in [5.41, 5.74) is 2.36. The molecule has 0 spiro atoms. The van der Waals surface area contributed by atoms with Crippen LogP contribution in [0.3, 0.4) is 0 Å². The largest absolute Gasteiger partial charge is 0.790 e. The van der Waals surface area contributed by atoms with Gasteiger partial charge in [0, 0.05) is 0 Å². The monoisotopic (exact) mass is 350 g/mol. The fraction of sp³-hybridized carbons (Fsp3) is 0.667. The minimum absolute atomic E-state index is 0.222. The van der Waals surface area contributed by atoms with Crippen molar-refractivity contribution in [2.24, 2.45) is 17.3 Å². The Morgan fingerprint density at radius 3 is 2.79 bits per heavy atom. The number of aromatic hydroxyl groups is 1. The highest BCUT2D eigenvalue weighted by atomic mass is 31.2. The van der Waals surface area contributed by atoms with E-state index in [9.17, 15) is 19.5 Å². The van der Waals surface area contributed by atoms with Crippen LogP contribution in [0.1, 0.15) is 56.1 Å². The first-order valence-corrected chi connectivity index (χ1v) is 10.3. The zero-order valence-corrected chi connectivity index (χ0v) is 14.7. The molecule has 5 nitrogen and oxygen atoms in total. The quantitative estimate of drug-likeness (QED) is 0.827. The minimum Gasteiger partial charge on any atom is -0.790 e. The molecular formula is C18H23O5P-2. The van der Waals surface area contributed by atoms with E-state index in [4.69, 9.17) is 4.52 Å². The normalized spacial score (nSPS) is 38.3. The van der Waals surface area contributed by atoms with Crippen LogP contribution in [-0.4, -0.2) is 11.2 Å². The van der Waals surface area contributed by atoms with Crippen molar-refractivity contribution in [3.63, 3.8) is 0 Å². The van der Waals surface area contributed by atoms with Gasteiger partial charge in [-0.15, -0.1) is 0 Å². The van der Waals surface area contributed by atoms with Gasteiger partial charge >= 0.3 is 0 Å². The first-order valence-electron chi connectivity index (χ1n) is 8.80. The predicted octanol–water partition coefficient (Wildman–Crippen LogP) is 2.46. The maximum atomic E-state index is 11.1. The average molecular weight is 350 g/mol. The fourth-order valence-corrected chi connectivity index (χ4v) is 6.51. The summed E-state index contributed by atoms with van der Waals surface area (Å²) in [5, 5.41) is 9.72. The smallest absolute Gasteiger partial charge is 0.115 e. The molecule has 24 heavy (non-hydrogen) atoms. The number of phosphoric ester groups is 1. The summed E-state index contributed by atoms with van der Waals surface area (Å²) in [6, 6.07) is 5.70. The Hall–Kier alpha value is -0.870. The van der Waals surface area contributed by atoms with E-state index in [1.807, 2.05) is 6.07 Å². The molecule has 1 N–H and O–H groups in total. The second kappa shape index (κ2) is 5.57. The Morgan fingerprint density at radius 1 is 1.25 bits per heavy atom. The lowest BCUT2D eigenvalue weighted by Gasteiger charge is -2.51. The molecule has 0 aliphatic heterocycles. The van der Waals surface area contributed by atoms with E-state index in [0.717, 1.165) is 32.1 Å². The van der Waals surface area contributed by atoms with E-state index in [1.165, 1.54) is 11.1 Å². The summed E-state index contributed by atoms with van der Waals surface area (Å²) >= 11 is 0. The van der Waals surface area contributed by atoms with Crippen LogP contribution in [0.2, 0.25) is 0 Å². The van der Waals surface area contributed by atoms with Crippen molar-refractivity contribution in [1.29, 1.82) is 0 Å². The predicted molar refractivity (Wildman–Crippen MR) is 85.2 cm³/mol. The molecule has 3 aliphatic rings. The van der Waals surface area contributed by atoms with Crippen LogP contribution in [0.25, 0.3) is 0 Å². The number of aryl methyl sites for hydroxylation is 1. The molecule has 0 radical (unpaired) electrons. The molecule has 0 bridgehead atoms. The number of benzene rings is 1. The van der Waals surface area contributed by atoms with Crippen LogP contribution in [0, 0.1) is 17.3 Å². The lowest BCUT2D eigenvalue weighted by Crippen LogP contribution is -2.45. The van der Waals surface area contributed by atoms with Gasteiger partial charge < -0.3 is 24.0 Å². The maximum Gasteiger partial charge on any atom is 0.115 e. The number of phenols is 1. The Labute approximate surface area is 142 Å². The van der Waals surface area contributed by atoms with Gasteiger partial charge in [0.25, 0.3) is 0 Å². The second-order valence-electron chi connectivity index (χ2n) is 7.96. The van der Waals surface area contributed by atoms with Crippen LogP contribution < -0.4 is 9.79 Å². The number of hydrogen-bond acceptors (Lipinski definition) is 5. The zero-order valence-electron chi connectivity index (χ0n) is 13.8. The van der Waals surface area contributed by atoms with Crippen LogP contribution >= 0.6 is 7.82 Å². The highest BCUT2D eigenvalue weighted by molar-refractivity contribution is 7.43. The van der Waals surface area contributed by atoms with Gasteiger partial charge in [-0.1, -0.05) is 13.0 Å². The highest BCUT2D eigenvalue weighted by Gasteiger charge is 2.55. The van der Waals surface area contributed by atoms with Crippen molar-refractivity contribution in [3.05, 3.63) is 29.3 Å². The molecule has 2 fully saturated rings. The molecule has 6 heteroatoms. The third-order valence-corrected chi connectivity index (χ3v) is 7.39. The molecule has 3 aliphatic carbocycles. The van der Waals surface area contributed by atoms with Crippen LogP contribution in [0.5, 0.6) is 5.75 Å². The number of fused-ring (bicyclic) bond motifs is 5. The zero-order chi connectivity index (χ0) is 17.1. The first-order chi connectivity index (χ1) is 11.3. The molecule has 0 aromatic heterocycles. The average Bonchev–Trinajstić information content (AvgIpc) is 2.82. The SMILES string of the molecule is C[C@]12CC[C@H]3c4ccc(O)cc4CC[C@H]3[C@@H]1CC[C@@H]2OP(=O)([O-])[O-]. The standard InChI is InChI=1S/C18H25O5P/c1-18-9-8-14-13-5-3-12(19)10-11(13)2-4-15(14)16(18)6-7-17(18)23-24(20,21)22/h3,5,10,14-17,19H,2,4,6-9H2,1H3,(H2,20,21,22)/p-2/t14-,15+,16-,17-,18-/m0/s1. The van der Waals surface area contributed by atoms with Crippen LogP contribution in [0.15, 0.2) is 18.2 Å². The molecular weight excluding hydrogens is 327 g/mol. The topological polar surface area (TPSA) is 92.7 Å². The molecule has 5 atom stereocenters. The van der Waals surface area contributed by atoms with Gasteiger partial charge in [-0.05, 0) is 85.0 Å². The summed E-state index contributed by atoms with van der Waals surface area (Å²) in [6.07, 6.45) is 4.98. The van der Waals surface area contributed by atoms with E-state index < -0.39 is 13.9 Å². The van der Waals surface area contributed by atoms with Gasteiger partial charge in [-0.2, -0.15) is 0 Å². The minimum atomic E-state index is -4.94. The molecule has 0 unspecified atom stereocenters. The van der Waals surface area contributed by atoms with E-state index in [2.05, 4.69) is 13.0 Å². The summed E-state index contributed by atoms with van der Waals surface area (Å²) < 4.78 is 16.1. The second-order valence-corrected chi connectivity index (χ2v) is 9.07. The van der Waals surface area contributed by atoms with Crippen LogP contribution in [-0.2, 0) is 15.5 Å². The van der Waals surface area contributed by atoms with Gasteiger partial charge in [0.1, 0.15) is 5.75 Å². The van der Waals surface area contributed by atoms with Crippen molar-refractivity contribution in [3.8, 4) is 5.75 Å². The molecule has 0 amide bonds. The van der Waals surface area contributed by atoms with Crippen LogP contribution in [0.4, 0.5) is 0 Å². The molecule has 1 aromatic carbocycles. The molecule has 0 saturated heterocycles. The maximum absolute atomic E-state index is 11.1. The Kier molecular flexibility index (Phi) is 3.85. The summed E-state index contributed by atoms with van der Waals surface area (Å²) in [5.74, 6) is 1.70. The van der Waals surface area contributed by atoms with Crippen molar-refractivity contribution >= 4 is 7.82 Å². The Bertz CT molecular complexity index is 699. The number of phosphoric acid groups is 1. The third-order valence-electron chi connectivity index (χ3n) is 6.88. The lowest BCUT2D eigenvalue weighted by atomic mass is 9.55. The van der Waals surface area contributed by atoms with Crippen molar-refractivity contribution in [2.75, 3.05) is 0 Å². The Morgan fingerprint density at radius 2 is 2.04 bits per heavy atom. The molecule has 132 valence electrons. The molecule has 0 heterocycles. The van der Waals surface area contributed by atoms with Gasteiger partial charge in [0.2, 0.25) is 0 Å². The van der Waals surface area contributed by atoms with Crippen molar-refractivity contribution in [1.82, 2.24) is 0 Å². The fourth-order valence-electron chi connectivity index (χ4n) is 5.85. The van der Waals surface area contributed by atoms with Gasteiger partial charge in [-0.25, -0.2) is 0 Å². The summed E-state index contributed by atoms with van der Waals surface area (Å²) in [7, 11) is -4.94. The van der Waals surface area contributed by atoms with Crippen molar-refractivity contribution in [2.45, 2.75) is 57.5 Å².